The fourth-order valence-electron chi connectivity index (χ4n) is 3.67. The number of rotatable bonds is 10. The van der Waals surface area contributed by atoms with Crippen molar-refractivity contribution in [1.29, 1.82) is 0 Å². The molecule has 1 aliphatic rings. The molecule has 0 bridgehead atoms. The zero-order valence-corrected chi connectivity index (χ0v) is 16.9. The predicted molar refractivity (Wildman–Crippen MR) is 115 cm³/mol. The summed E-state index contributed by atoms with van der Waals surface area (Å²) < 4.78 is 10.7. The van der Waals surface area contributed by atoms with Crippen LogP contribution in [-0.2, 0) is 14.3 Å². The lowest BCUT2D eigenvalue weighted by atomic mass is 9.88. The lowest BCUT2D eigenvalue weighted by Gasteiger charge is -2.30. The van der Waals surface area contributed by atoms with E-state index in [9.17, 15) is 4.79 Å². The van der Waals surface area contributed by atoms with Crippen molar-refractivity contribution in [2.24, 2.45) is 5.73 Å². The van der Waals surface area contributed by atoms with Crippen LogP contribution in [0.1, 0.15) is 24.0 Å². The number of carbonyl (C=O) groups is 1. The molecule has 0 atom stereocenters. The third-order valence-electron chi connectivity index (χ3n) is 5.11. The lowest BCUT2D eigenvalue weighted by Crippen LogP contribution is -2.34. The number of benzene rings is 2. The van der Waals surface area contributed by atoms with Gasteiger partial charge in [0.1, 0.15) is 6.61 Å². The van der Waals surface area contributed by atoms with Crippen LogP contribution >= 0.6 is 0 Å². The van der Waals surface area contributed by atoms with E-state index in [1.54, 1.807) is 0 Å². The van der Waals surface area contributed by atoms with Crippen LogP contribution in [0.25, 0.3) is 5.57 Å². The average molecular weight is 395 g/mol. The highest BCUT2D eigenvalue weighted by atomic mass is 16.5. The van der Waals surface area contributed by atoms with Gasteiger partial charge in [0.15, 0.2) is 0 Å². The highest BCUT2D eigenvalue weighted by molar-refractivity contribution is 5.82. The summed E-state index contributed by atoms with van der Waals surface area (Å²) in [7, 11) is 0. The van der Waals surface area contributed by atoms with Crippen molar-refractivity contribution in [1.82, 2.24) is 4.90 Å². The molecule has 0 unspecified atom stereocenters. The Morgan fingerprint density at radius 1 is 0.828 bits per heavy atom. The minimum Gasteiger partial charge on any atom is -0.378 e. The second kappa shape index (κ2) is 11.5. The van der Waals surface area contributed by atoms with Crippen LogP contribution in [0.4, 0.5) is 0 Å². The van der Waals surface area contributed by atoms with Crippen molar-refractivity contribution in [2.45, 2.75) is 12.8 Å². The second-order valence-corrected chi connectivity index (χ2v) is 7.18. The molecule has 0 spiro atoms. The van der Waals surface area contributed by atoms with Gasteiger partial charge in [0.05, 0.1) is 19.8 Å². The quantitative estimate of drug-likeness (QED) is 0.629. The van der Waals surface area contributed by atoms with Crippen molar-refractivity contribution in [3.05, 3.63) is 77.4 Å². The van der Waals surface area contributed by atoms with Crippen molar-refractivity contribution in [2.75, 3.05) is 46.1 Å². The van der Waals surface area contributed by atoms with Gasteiger partial charge in [-0.1, -0.05) is 66.2 Å². The molecule has 1 amide bonds. The molecule has 1 heterocycles. The Hall–Kier alpha value is -2.47. The molecule has 154 valence electrons. The second-order valence-electron chi connectivity index (χ2n) is 7.18. The van der Waals surface area contributed by atoms with Gasteiger partial charge in [-0.2, -0.15) is 0 Å². The normalized spacial score (nSPS) is 14.7. The minimum absolute atomic E-state index is 0.0459. The Morgan fingerprint density at radius 2 is 1.38 bits per heavy atom. The summed E-state index contributed by atoms with van der Waals surface area (Å²) in [5, 5.41) is 0. The SMILES string of the molecule is NC(=O)COCCOCCN1CCC(=C(c2ccccc2)c2ccccc2)CC1. The number of piperidine rings is 1. The average Bonchev–Trinajstić information content (AvgIpc) is 2.76. The van der Waals surface area contributed by atoms with Crippen LogP contribution < -0.4 is 5.73 Å². The Kier molecular flexibility index (Phi) is 8.43. The van der Waals surface area contributed by atoms with E-state index in [0.29, 0.717) is 19.8 Å². The van der Waals surface area contributed by atoms with Crippen molar-refractivity contribution < 1.29 is 14.3 Å². The molecular weight excluding hydrogens is 364 g/mol. The van der Waals surface area contributed by atoms with E-state index in [0.717, 1.165) is 32.5 Å². The monoisotopic (exact) mass is 394 g/mol. The number of hydrogen-bond acceptors (Lipinski definition) is 4. The molecule has 0 radical (unpaired) electrons. The van der Waals surface area contributed by atoms with E-state index in [1.165, 1.54) is 22.3 Å². The highest BCUT2D eigenvalue weighted by Gasteiger charge is 2.18. The first-order valence-corrected chi connectivity index (χ1v) is 10.2. The molecule has 0 aliphatic carbocycles. The Balaban J connectivity index is 1.52. The third kappa shape index (κ3) is 6.82. The van der Waals surface area contributed by atoms with Crippen molar-refractivity contribution in [3.8, 4) is 0 Å². The summed E-state index contributed by atoms with van der Waals surface area (Å²) in [6.07, 6.45) is 2.14. The summed E-state index contributed by atoms with van der Waals surface area (Å²) in [6.45, 7) is 4.50. The van der Waals surface area contributed by atoms with E-state index in [2.05, 4.69) is 65.6 Å². The molecule has 5 nitrogen and oxygen atoms in total. The molecule has 1 fully saturated rings. The van der Waals surface area contributed by atoms with Gasteiger partial charge in [0, 0.05) is 19.6 Å². The molecule has 0 saturated carbocycles. The van der Waals surface area contributed by atoms with Gasteiger partial charge in [0.2, 0.25) is 5.91 Å². The highest BCUT2D eigenvalue weighted by Crippen LogP contribution is 2.32. The number of carbonyl (C=O) groups excluding carboxylic acids is 1. The van der Waals surface area contributed by atoms with Crippen LogP contribution in [0, 0.1) is 0 Å². The van der Waals surface area contributed by atoms with Crippen LogP contribution in [0.5, 0.6) is 0 Å². The Labute approximate surface area is 173 Å². The smallest absolute Gasteiger partial charge is 0.243 e. The number of likely N-dealkylation sites (tertiary alicyclic amines) is 1. The largest absolute Gasteiger partial charge is 0.378 e. The van der Waals surface area contributed by atoms with Crippen LogP contribution in [0.3, 0.4) is 0 Å². The topological polar surface area (TPSA) is 64.8 Å². The zero-order valence-electron chi connectivity index (χ0n) is 16.9. The van der Waals surface area contributed by atoms with Crippen molar-refractivity contribution >= 4 is 11.5 Å². The van der Waals surface area contributed by atoms with Gasteiger partial charge in [-0.25, -0.2) is 0 Å². The Bertz CT molecular complexity index is 739. The summed E-state index contributed by atoms with van der Waals surface area (Å²) in [4.78, 5) is 13.0. The van der Waals surface area contributed by atoms with E-state index in [-0.39, 0.29) is 6.61 Å². The number of ether oxygens (including phenoxy) is 2. The van der Waals surface area contributed by atoms with Gasteiger partial charge in [-0.05, 0) is 29.5 Å². The zero-order chi connectivity index (χ0) is 20.3. The lowest BCUT2D eigenvalue weighted by molar-refractivity contribution is -0.123. The first-order chi connectivity index (χ1) is 14.2. The molecule has 1 aliphatic heterocycles. The van der Waals surface area contributed by atoms with Gasteiger partial charge in [-0.3, -0.25) is 4.79 Å². The number of primary amides is 1. The van der Waals surface area contributed by atoms with Crippen LogP contribution in [-0.4, -0.2) is 56.9 Å². The molecule has 3 rings (SSSR count). The number of nitrogens with zero attached hydrogens (tertiary/aromatic N) is 1. The van der Waals surface area contributed by atoms with Gasteiger partial charge < -0.3 is 20.1 Å². The van der Waals surface area contributed by atoms with Crippen LogP contribution in [0.15, 0.2) is 66.2 Å². The predicted octanol–water partition coefficient (Wildman–Crippen LogP) is 3.10. The van der Waals surface area contributed by atoms with Gasteiger partial charge >= 0.3 is 0 Å². The van der Waals surface area contributed by atoms with Crippen LogP contribution in [0.2, 0.25) is 0 Å². The summed E-state index contributed by atoms with van der Waals surface area (Å²) in [6, 6.07) is 21.4. The first-order valence-electron chi connectivity index (χ1n) is 10.2. The standard InChI is InChI=1S/C24H30N2O3/c25-23(27)19-29-18-17-28-16-15-26-13-11-22(12-14-26)24(20-7-3-1-4-8-20)21-9-5-2-6-10-21/h1-10H,11-19H2,(H2,25,27). The maximum absolute atomic E-state index is 10.6. The van der Waals surface area contributed by atoms with Gasteiger partial charge in [0.25, 0.3) is 0 Å². The molecule has 29 heavy (non-hydrogen) atoms. The summed E-state index contributed by atoms with van der Waals surface area (Å²) in [5.74, 6) is -0.451. The maximum atomic E-state index is 10.6. The van der Waals surface area contributed by atoms with E-state index >= 15 is 0 Å². The number of hydrogen-bond donors (Lipinski definition) is 1. The van der Waals surface area contributed by atoms with Crippen molar-refractivity contribution in [3.63, 3.8) is 0 Å². The maximum Gasteiger partial charge on any atom is 0.243 e. The van der Waals surface area contributed by atoms with E-state index < -0.39 is 5.91 Å². The van der Waals surface area contributed by atoms with E-state index in [4.69, 9.17) is 15.2 Å². The summed E-state index contributed by atoms with van der Waals surface area (Å²) in [5.41, 5.74) is 10.5. The Morgan fingerprint density at radius 3 is 1.93 bits per heavy atom. The molecule has 2 aromatic carbocycles. The molecule has 1 saturated heterocycles. The van der Waals surface area contributed by atoms with E-state index in [1.807, 2.05) is 0 Å². The minimum atomic E-state index is -0.451. The molecule has 0 aromatic heterocycles. The first kappa shape index (κ1) is 21.2. The fraction of sp³-hybridized carbons (Fsp3) is 0.375. The number of amides is 1. The molecule has 2 N–H and O–H groups in total. The number of nitrogens with two attached hydrogens (primary N) is 1. The molecule has 2 aromatic rings. The fourth-order valence-corrected chi connectivity index (χ4v) is 3.67. The third-order valence-corrected chi connectivity index (χ3v) is 5.11. The molecular formula is C24H30N2O3. The summed E-state index contributed by atoms with van der Waals surface area (Å²) >= 11 is 0. The van der Waals surface area contributed by atoms with Gasteiger partial charge in [-0.15, -0.1) is 0 Å². The molecule has 5 heteroatoms.